The topological polar surface area (TPSA) is 259 Å². The molecule has 0 spiro atoms. The van der Waals surface area contributed by atoms with Crippen molar-refractivity contribution in [3.63, 3.8) is 0 Å². The van der Waals surface area contributed by atoms with Crippen molar-refractivity contribution in [3.8, 4) is 0 Å². The molecule has 2 fully saturated rings. The second kappa shape index (κ2) is 11.5. The van der Waals surface area contributed by atoms with E-state index >= 15 is 0 Å². The molecule has 0 aromatic rings. The molecule has 11 N–H and O–H groups in total. The van der Waals surface area contributed by atoms with E-state index in [-0.39, 0.29) is 5.57 Å². The van der Waals surface area contributed by atoms with Crippen LogP contribution in [0.25, 0.3) is 0 Å². The molecular weight excluding hydrogens is 468 g/mol. The second-order valence-corrected chi connectivity index (χ2v) is 8.43. The van der Waals surface area contributed by atoms with Gasteiger partial charge in [0.15, 0.2) is 12.6 Å². The molecule has 15 heteroatoms. The summed E-state index contributed by atoms with van der Waals surface area (Å²) >= 11 is 0. The van der Waals surface area contributed by atoms with Gasteiger partial charge in [-0.1, -0.05) is 0 Å². The molecule has 198 valence electrons. The van der Waals surface area contributed by atoms with Crippen molar-refractivity contribution in [2.24, 2.45) is 0 Å². The highest BCUT2D eigenvalue weighted by molar-refractivity contribution is 5.20. The molecule has 1 aliphatic carbocycles. The first-order valence-corrected chi connectivity index (χ1v) is 10.6. The average molecular weight is 500 g/mol. The monoisotopic (exact) mass is 500 g/mol. The zero-order chi connectivity index (χ0) is 25.3. The van der Waals surface area contributed by atoms with Crippen LogP contribution in [-0.4, -0.2) is 162 Å². The highest BCUT2D eigenvalue weighted by Crippen LogP contribution is 2.32. The van der Waals surface area contributed by atoms with Gasteiger partial charge in [-0.25, -0.2) is 0 Å². The van der Waals surface area contributed by atoms with Gasteiger partial charge in [-0.05, 0) is 11.6 Å². The van der Waals surface area contributed by atoms with E-state index in [0.29, 0.717) is 0 Å². The van der Waals surface area contributed by atoms with Gasteiger partial charge in [0.1, 0.15) is 73.2 Å². The van der Waals surface area contributed by atoms with Gasteiger partial charge in [-0.3, -0.25) is 0 Å². The molecule has 1 unspecified atom stereocenters. The van der Waals surface area contributed by atoms with Gasteiger partial charge in [0, 0.05) is 0 Å². The smallest absolute Gasteiger partial charge is 0.187 e. The summed E-state index contributed by atoms with van der Waals surface area (Å²) in [4.78, 5) is 0. The molecule has 2 aliphatic heterocycles. The molecule has 14 atom stereocenters. The van der Waals surface area contributed by atoms with E-state index < -0.39 is 106 Å². The van der Waals surface area contributed by atoms with Crippen molar-refractivity contribution >= 4 is 0 Å². The minimum atomic E-state index is -1.88. The molecule has 2 heterocycles. The van der Waals surface area contributed by atoms with Crippen molar-refractivity contribution in [1.82, 2.24) is 0 Å². The van der Waals surface area contributed by atoms with E-state index in [1.165, 1.54) is 0 Å². The van der Waals surface area contributed by atoms with Crippen LogP contribution in [0.15, 0.2) is 11.6 Å². The SMILES string of the molecule is OCC1=C[C@H](O)[C@H](O)[C@@H](O)C1O[C@H]1O[C@H](CO)[C@@H](O[C@H]2O[C@H](CO)[C@@H](O)[C@H](O)[C@H]2O)[C@H](O)[C@H]1O. The fraction of sp³-hybridized carbons (Fsp3) is 0.895. The Bertz CT molecular complexity index is 689. The molecule has 3 rings (SSSR count). The predicted octanol–water partition coefficient (Wildman–Crippen LogP) is -6.99. The minimum Gasteiger partial charge on any atom is -0.394 e. The minimum absolute atomic E-state index is 0.0316. The predicted molar refractivity (Wildman–Crippen MR) is 104 cm³/mol. The fourth-order valence-electron chi connectivity index (χ4n) is 4.14. The second-order valence-electron chi connectivity index (χ2n) is 8.43. The lowest BCUT2D eigenvalue weighted by molar-refractivity contribution is -0.364. The van der Waals surface area contributed by atoms with E-state index in [4.69, 9.17) is 18.9 Å². The highest BCUT2D eigenvalue weighted by atomic mass is 16.7. The van der Waals surface area contributed by atoms with Crippen LogP contribution in [-0.2, 0) is 18.9 Å². The fourth-order valence-corrected chi connectivity index (χ4v) is 4.14. The Balaban J connectivity index is 1.74. The largest absolute Gasteiger partial charge is 0.394 e. The van der Waals surface area contributed by atoms with Gasteiger partial charge in [0.05, 0.1) is 19.8 Å². The summed E-state index contributed by atoms with van der Waals surface area (Å²) < 4.78 is 21.6. The Morgan fingerprint density at radius 1 is 0.618 bits per heavy atom. The summed E-state index contributed by atoms with van der Waals surface area (Å²) in [5, 5.41) is 109. The maximum Gasteiger partial charge on any atom is 0.187 e. The maximum absolute atomic E-state index is 10.6. The highest BCUT2D eigenvalue weighted by Gasteiger charge is 2.52. The van der Waals surface area contributed by atoms with Gasteiger partial charge in [-0.2, -0.15) is 0 Å². The summed E-state index contributed by atoms with van der Waals surface area (Å²) in [6.45, 7) is -2.21. The van der Waals surface area contributed by atoms with Crippen molar-refractivity contribution < 1.29 is 75.1 Å². The molecule has 0 saturated carbocycles. The molecule has 3 aliphatic rings. The molecule has 34 heavy (non-hydrogen) atoms. The normalized spacial score (nSPS) is 50.1. The van der Waals surface area contributed by atoms with Gasteiger partial charge < -0.3 is 75.1 Å². The summed E-state index contributed by atoms with van der Waals surface area (Å²) in [5.41, 5.74) is -0.0316. The Morgan fingerprint density at radius 2 is 1.18 bits per heavy atom. The lowest BCUT2D eigenvalue weighted by atomic mass is 9.89. The lowest BCUT2D eigenvalue weighted by Gasteiger charge is -2.47. The molecule has 2 saturated heterocycles. The summed E-state index contributed by atoms with van der Waals surface area (Å²) in [7, 11) is 0. The van der Waals surface area contributed by atoms with Crippen LogP contribution in [0.5, 0.6) is 0 Å². The Kier molecular flexibility index (Phi) is 9.35. The molecule has 0 bridgehead atoms. The number of aliphatic hydroxyl groups excluding tert-OH is 11. The number of aliphatic hydroxyl groups is 11. The molecular formula is C19H32O15. The van der Waals surface area contributed by atoms with Crippen LogP contribution in [0.2, 0.25) is 0 Å². The Morgan fingerprint density at radius 3 is 1.76 bits per heavy atom. The van der Waals surface area contributed by atoms with E-state index in [9.17, 15) is 56.2 Å². The van der Waals surface area contributed by atoms with Crippen molar-refractivity contribution in [1.29, 1.82) is 0 Å². The Labute approximate surface area is 193 Å². The van der Waals surface area contributed by atoms with Gasteiger partial charge in [0.25, 0.3) is 0 Å². The third-order valence-corrected chi connectivity index (χ3v) is 6.18. The van der Waals surface area contributed by atoms with Crippen LogP contribution < -0.4 is 0 Å². The zero-order valence-electron chi connectivity index (χ0n) is 17.8. The number of rotatable bonds is 7. The number of hydrogen-bond donors (Lipinski definition) is 11. The lowest BCUT2D eigenvalue weighted by Crippen LogP contribution is -2.65. The van der Waals surface area contributed by atoms with Gasteiger partial charge in [0.2, 0.25) is 0 Å². The van der Waals surface area contributed by atoms with Crippen LogP contribution in [0.3, 0.4) is 0 Å². The zero-order valence-corrected chi connectivity index (χ0v) is 17.8. The first kappa shape index (κ1) is 27.7. The quantitative estimate of drug-likeness (QED) is 0.145. The maximum atomic E-state index is 10.6. The van der Waals surface area contributed by atoms with Gasteiger partial charge >= 0.3 is 0 Å². The van der Waals surface area contributed by atoms with Gasteiger partial charge in [-0.15, -0.1) is 0 Å². The summed E-state index contributed by atoms with van der Waals surface area (Å²) in [6, 6.07) is 0. The standard InChI is InChI=1S/C19H32O15/c20-2-5-1-6(23)9(24)12(27)16(5)33-19-15(30)13(28)17(8(4-22)32-19)34-18-14(29)11(26)10(25)7(3-21)31-18/h1,6-30H,2-4H2/t6-,7+,8+,9-,10+,11-,12+,13+,14+,15+,16?,17+,18+,19+/m0/s1. The first-order valence-electron chi connectivity index (χ1n) is 10.6. The van der Waals surface area contributed by atoms with Crippen LogP contribution in [0.4, 0.5) is 0 Å². The van der Waals surface area contributed by atoms with E-state index in [0.717, 1.165) is 6.08 Å². The first-order chi connectivity index (χ1) is 16.0. The van der Waals surface area contributed by atoms with E-state index in [2.05, 4.69) is 0 Å². The van der Waals surface area contributed by atoms with Crippen molar-refractivity contribution in [2.75, 3.05) is 19.8 Å². The van der Waals surface area contributed by atoms with Crippen LogP contribution >= 0.6 is 0 Å². The van der Waals surface area contributed by atoms with E-state index in [1.54, 1.807) is 0 Å². The number of ether oxygens (including phenoxy) is 4. The van der Waals surface area contributed by atoms with Crippen molar-refractivity contribution in [3.05, 3.63) is 11.6 Å². The third kappa shape index (κ3) is 5.29. The molecule has 15 nitrogen and oxygen atoms in total. The molecule has 0 radical (unpaired) electrons. The van der Waals surface area contributed by atoms with Crippen molar-refractivity contribution in [2.45, 2.75) is 85.8 Å². The van der Waals surface area contributed by atoms with E-state index in [1.807, 2.05) is 0 Å². The Hall–Kier alpha value is -0.860. The molecule has 0 aromatic carbocycles. The number of hydrogen-bond acceptors (Lipinski definition) is 15. The average Bonchev–Trinajstić information content (AvgIpc) is 2.83. The molecule has 0 aromatic heterocycles. The molecule has 0 amide bonds. The van der Waals surface area contributed by atoms with Crippen LogP contribution in [0.1, 0.15) is 0 Å². The van der Waals surface area contributed by atoms with Crippen LogP contribution in [0, 0.1) is 0 Å². The third-order valence-electron chi connectivity index (χ3n) is 6.18. The summed E-state index contributed by atoms with van der Waals surface area (Å²) in [6.07, 6.45) is -21.9. The summed E-state index contributed by atoms with van der Waals surface area (Å²) in [5.74, 6) is 0.